The zero-order valence-electron chi connectivity index (χ0n) is 17.6. The second-order valence-electron chi connectivity index (χ2n) is 7.57. The van der Waals surface area contributed by atoms with Crippen LogP contribution in [0.3, 0.4) is 0 Å². The third kappa shape index (κ3) is 6.78. The first-order valence-electron chi connectivity index (χ1n) is 9.77. The molecule has 170 valence electrons. The first kappa shape index (κ1) is 23.2. The highest BCUT2D eigenvalue weighted by molar-refractivity contribution is 6.30. The van der Waals surface area contributed by atoms with E-state index in [9.17, 15) is 14.4 Å². The maximum Gasteiger partial charge on any atom is 0.344 e. The molecule has 2 aromatic rings. The Balaban J connectivity index is 1.33. The fourth-order valence-corrected chi connectivity index (χ4v) is 3.04. The molecule has 9 nitrogen and oxygen atoms in total. The van der Waals surface area contributed by atoms with Crippen LogP contribution in [-0.4, -0.2) is 43.2 Å². The van der Waals surface area contributed by atoms with E-state index < -0.39 is 31.0 Å². The molecule has 0 bridgehead atoms. The van der Waals surface area contributed by atoms with Crippen molar-refractivity contribution in [2.45, 2.75) is 25.9 Å². The number of carbonyl (C=O) groups excluding carboxylic acids is 3. The number of rotatable bonds is 8. The third-order valence-electron chi connectivity index (χ3n) is 4.29. The standard InChI is InChI=1S/C22H23ClN2O7/c1-22(2)10-14-4-3-5-17(21(14)32-22)30-13-20(28)31-12-19(27)25-24-18(26)11-29-16-8-6-15(23)7-9-16/h3-9H,10-13H2,1-2H3,(H,24,26)(H,25,27). The molecule has 0 saturated heterocycles. The van der Waals surface area contributed by atoms with Crippen LogP contribution in [0.15, 0.2) is 42.5 Å². The molecule has 0 spiro atoms. The van der Waals surface area contributed by atoms with Gasteiger partial charge in [0.1, 0.15) is 11.4 Å². The Morgan fingerprint density at radius 1 is 0.969 bits per heavy atom. The van der Waals surface area contributed by atoms with Gasteiger partial charge < -0.3 is 18.9 Å². The van der Waals surface area contributed by atoms with Gasteiger partial charge in [-0.25, -0.2) is 4.79 Å². The highest BCUT2D eigenvalue weighted by Crippen LogP contribution is 2.41. The van der Waals surface area contributed by atoms with Gasteiger partial charge in [-0.2, -0.15) is 0 Å². The Morgan fingerprint density at radius 3 is 2.38 bits per heavy atom. The van der Waals surface area contributed by atoms with Gasteiger partial charge in [-0.15, -0.1) is 0 Å². The molecule has 1 heterocycles. The van der Waals surface area contributed by atoms with Crippen LogP contribution in [0.25, 0.3) is 0 Å². The van der Waals surface area contributed by atoms with Gasteiger partial charge in [0.25, 0.3) is 11.8 Å². The number of carbonyl (C=O) groups is 3. The zero-order chi connectivity index (χ0) is 23.1. The monoisotopic (exact) mass is 462 g/mol. The summed E-state index contributed by atoms with van der Waals surface area (Å²) in [6.45, 7) is 2.63. The fourth-order valence-electron chi connectivity index (χ4n) is 2.92. The quantitative estimate of drug-likeness (QED) is 0.457. The molecular formula is C22H23ClN2O7. The number of esters is 1. The molecule has 0 atom stereocenters. The average molecular weight is 463 g/mol. The number of nitrogens with one attached hydrogen (secondary N) is 2. The molecule has 0 saturated carbocycles. The van der Waals surface area contributed by atoms with Crippen LogP contribution in [0.1, 0.15) is 19.4 Å². The predicted octanol–water partition coefficient (Wildman–Crippen LogP) is 2.20. The zero-order valence-corrected chi connectivity index (χ0v) is 18.4. The fraction of sp³-hybridized carbons (Fsp3) is 0.318. The lowest BCUT2D eigenvalue weighted by molar-refractivity contribution is -0.150. The molecule has 10 heteroatoms. The minimum atomic E-state index is -0.743. The van der Waals surface area contributed by atoms with E-state index in [1.807, 2.05) is 26.0 Å². The van der Waals surface area contributed by atoms with Crippen molar-refractivity contribution in [2.75, 3.05) is 19.8 Å². The Kier molecular flexibility index (Phi) is 7.42. The number of ether oxygens (including phenoxy) is 4. The minimum Gasteiger partial charge on any atom is -0.484 e. The van der Waals surface area contributed by atoms with Crippen molar-refractivity contribution in [1.29, 1.82) is 0 Å². The highest BCUT2D eigenvalue weighted by atomic mass is 35.5. The summed E-state index contributed by atoms with van der Waals surface area (Å²) < 4.78 is 21.4. The summed E-state index contributed by atoms with van der Waals surface area (Å²) in [7, 11) is 0. The molecule has 0 radical (unpaired) electrons. The molecule has 0 aliphatic carbocycles. The summed E-state index contributed by atoms with van der Waals surface area (Å²) in [5.41, 5.74) is 4.93. The maximum atomic E-state index is 11.9. The Labute approximate surface area is 189 Å². The Morgan fingerprint density at radius 2 is 1.66 bits per heavy atom. The molecule has 1 aliphatic heterocycles. The lowest BCUT2D eigenvalue weighted by Gasteiger charge is -2.18. The number of hydrazine groups is 1. The molecule has 2 aromatic carbocycles. The number of para-hydroxylation sites is 1. The van der Waals surface area contributed by atoms with E-state index in [4.69, 9.17) is 30.5 Å². The first-order valence-corrected chi connectivity index (χ1v) is 10.1. The second kappa shape index (κ2) is 10.2. The van der Waals surface area contributed by atoms with E-state index in [-0.39, 0.29) is 12.2 Å². The molecule has 0 fully saturated rings. The number of halogens is 1. The average Bonchev–Trinajstić information content (AvgIpc) is 3.08. The van der Waals surface area contributed by atoms with Crippen LogP contribution in [-0.2, 0) is 25.5 Å². The minimum absolute atomic E-state index is 0.324. The van der Waals surface area contributed by atoms with Crippen LogP contribution < -0.4 is 25.1 Å². The summed E-state index contributed by atoms with van der Waals surface area (Å²) >= 11 is 5.76. The van der Waals surface area contributed by atoms with E-state index >= 15 is 0 Å². The van der Waals surface area contributed by atoms with Gasteiger partial charge in [0.2, 0.25) is 0 Å². The van der Waals surface area contributed by atoms with Crippen molar-refractivity contribution in [1.82, 2.24) is 10.9 Å². The highest BCUT2D eigenvalue weighted by Gasteiger charge is 2.32. The largest absolute Gasteiger partial charge is 0.484 e. The van der Waals surface area contributed by atoms with E-state index in [2.05, 4.69) is 10.9 Å². The second-order valence-corrected chi connectivity index (χ2v) is 8.01. The maximum absolute atomic E-state index is 11.9. The van der Waals surface area contributed by atoms with E-state index in [1.165, 1.54) is 0 Å². The third-order valence-corrected chi connectivity index (χ3v) is 4.54. The molecule has 0 unspecified atom stereocenters. The van der Waals surface area contributed by atoms with Crippen molar-refractivity contribution in [3.63, 3.8) is 0 Å². The van der Waals surface area contributed by atoms with E-state index in [0.717, 1.165) is 12.0 Å². The lowest BCUT2D eigenvalue weighted by Crippen LogP contribution is -2.45. The van der Waals surface area contributed by atoms with Gasteiger partial charge >= 0.3 is 5.97 Å². The van der Waals surface area contributed by atoms with Crippen molar-refractivity contribution >= 4 is 29.4 Å². The van der Waals surface area contributed by atoms with Crippen molar-refractivity contribution in [2.24, 2.45) is 0 Å². The van der Waals surface area contributed by atoms with Crippen molar-refractivity contribution in [3.05, 3.63) is 53.1 Å². The van der Waals surface area contributed by atoms with E-state index in [1.54, 1.807) is 30.3 Å². The van der Waals surface area contributed by atoms with Crippen LogP contribution in [0.5, 0.6) is 17.2 Å². The van der Waals surface area contributed by atoms with Crippen LogP contribution in [0, 0.1) is 0 Å². The summed E-state index contributed by atoms with van der Waals surface area (Å²) in [5.74, 6) is -0.572. The summed E-state index contributed by atoms with van der Waals surface area (Å²) in [6.07, 6.45) is 0.737. The molecule has 32 heavy (non-hydrogen) atoms. The van der Waals surface area contributed by atoms with Crippen LogP contribution in [0.4, 0.5) is 0 Å². The molecule has 1 aliphatic rings. The van der Waals surface area contributed by atoms with Gasteiger partial charge in [0, 0.05) is 17.0 Å². The van der Waals surface area contributed by atoms with Crippen LogP contribution >= 0.6 is 11.6 Å². The van der Waals surface area contributed by atoms with Gasteiger partial charge in [0.15, 0.2) is 31.3 Å². The number of fused-ring (bicyclic) bond motifs is 1. The molecule has 2 N–H and O–H groups in total. The summed E-state index contributed by atoms with van der Waals surface area (Å²) in [5, 5.41) is 0.541. The van der Waals surface area contributed by atoms with Gasteiger partial charge in [-0.3, -0.25) is 20.4 Å². The van der Waals surface area contributed by atoms with Crippen LogP contribution in [0.2, 0.25) is 5.02 Å². The predicted molar refractivity (Wildman–Crippen MR) is 115 cm³/mol. The molecule has 0 aromatic heterocycles. The number of hydrogen-bond donors (Lipinski definition) is 2. The Bertz CT molecular complexity index is 992. The molecular weight excluding hydrogens is 440 g/mol. The number of amides is 2. The lowest BCUT2D eigenvalue weighted by atomic mass is 10.0. The molecule has 3 rings (SSSR count). The number of hydrogen-bond acceptors (Lipinski definition) is 7. The summed E-state index contributed by atoms with van der Waals surface area (Å²) in [6, 6.07) is 11.9. The van der Waals surface area contributed by atoms with Crippen molar-refractivity contribution in [3.8, 4) is 17.2 Å². The van der Waals surface area contributed by atoms with Gasteiger partial charge in [-0.1, -0.05) is 23.7 Å². The Hall–Kier alpha value is -3.46. The van der Waals surface area contributed by atoms with Crippen molar-refractivity contribution < 1.29 is 33.3 Å². The molecule has 2 amide bonds. The van der Waals surface area contributed by atoms with Gasteiger partial charge in [0.05, 0.1) is 0 Å². The van der Waals surface area contributed by atoms with E-state index in [0.29, 0.717) is 22.3 Å². The number of benzene rings is 2. The first-order chi connectivity index (χ1) is 15.2. The normalized spacial score (nSPS) is 13.3. The topological polar surface area (TPSA) is 112 Å². The summed E-state index contributed by atoms with van der Waals surface area (Å²) in [4.78, 5) is 35.3. The SMILES string of the molecule is CC1(C)Cc2cccc(OCC(=O)OCC(=O)NNC(=O)COc3ccc(Cl)cc3)c2O1. The smallest absolute Gasteiger partial charge is 0.344 e. The van der Waals surface area contributed by atoms with Gasteiger partial charge in [-0.05, 0) is 44.2 Å².